The Bertz CT molecular complexity index is 750. The highest BCUT2D eigenvalue weighted by atomic mass is 16.1. The first-order valence-electron chi connectivity index (χ1n) is 8.91. The van der Waals surface area contributed by atoms with Gasteiger partial charge in [-0.1, -0.05) is 48.6 Å². The molecule has 1 amide bonds. The minimum absolute atomic E-state index is 0.00156. The highest BCUT2D eigenvalue weighted by Gasteiger charge is 2.15. The first-order valence-corrected chi connectivity index (χ1v) is 8.91. The normalized spacial score (nSPS) is 14.2. The molecule has 0 spiro atoms. The molecule has 1 aliphatic rings. The van der Waals surface area contributed by atoms with E-state index in [1.807, 2.05) is 18.2 Å². The number of nitrogens with one attached hydrogen (secondary N) is 1. The zero-order chi connectivity index (χ0) is 17.6. The number of aryl methyl sites for hydroxylation is 1. The summed E-state index contributed by atoms with van der Waals surface area (Å²) in [5.41, 5.74) is 4.53. The molecule has 0 aliphatic heterocycles. The summed E-state index contributed by atoms with van der Waals surface area (Å²) >= 11 is 0. The van der Waals surface area contributed by atoms with Gasteiger partial charge in [0.15, 0.2) is 0 Å². The molecule has 2 aromatic carbocycles. The van der Waals surface area contributed by atoms with Gasteiger partial charge in [0.25, 0.3) is 5.91 Å². The number of fused-ring (bicyclic) bond motifs is 1. The van der Waals surface area contributed by atoms with Crippen molar-refractivity contribution in [2.45, 2.75) is 25.3 Å². The van der Waals surface area contributed by atoms with Gasteiger partial charge in [0.05, 0.1) is 0 Å². The largest absolute Gasteiger partial charge is 0.350 e. The van der Waals surface area contributed by atoms with E-state index < -0.39 is 0 Å². The fourth-order valence-corrected chi connectivity index (χ4v) is 3.20. The van der Waals surface area contributed by atoms with Crippen LogP contribution < -0.4 is 5.32 Å². The van der Waals surface area contributed by atoms with Crippen LogP contribution in [-0.2, 0) is 12.8 Å². The summed E-state index contributed by atoms with van der Waals surface area (Å²) in [5, 5.41) is 3.10. The summed E-state index contributed by atoms with van der Waals surface area (Å²) in [7, 11) is 4.12. The lowest BCUT2D eigenvalue weighted by Gasteiger charge is -2.25. The van der Waals surface area contributed by atoms with Crippen molar-refractivity contribution >= 4 is 12.0 Å². The van der Waals surface area contributed by atoms with Crippen molar-refractivity contribution in [3.05, 3.63) is 76.9 Å². The van der Waals surface area contributed by atoms with Crippen LogP contribution in [0.15, 0.2) is 54.6 Å². The highest BCUT2D eigenvalue weighted by Crippen LogP contribution is 2.20. The number of benzene rings is 2. The molecule has 0 unspecified atom stereocenters. The standard InChI is InChI=1S/C22H26N2O/c1-24(2)21(14-17-8-4-3-5-9-17)16-23-22(25)20-13-12-18-10-6-7-11-19(18)15-20/h3-5,7-9,11-13,15,21H,6,10,14,16H2,1-2H3,(H,23,25)/t21-/m0/s1. The molecule has 0 bridgehead atoms. The summed E-state index contributed by atoms with van der Waals surface area (Å²) in [6.45, 7) is 0.633. The average Bonchev–Trinajstić information content (AvgIpc) is 2.65. The van der Waals surface area contributed by atoms with E-state index in [9.17, 15) is 4.79 Å². The molecule has 0 saturated carbocycles. The molecule has 1 N–H and O–H groups in total. The van der Waals surface area contributed by atoms with Crippen LogP contribution in [0.4, 0.5) is 0 Å². The Morgan fingerprint density at radius 2 is 1.96 bits per heavy atom. The van der Waals surface area contributed by atoms with Gasteiger partial charge in [-0.15, -0.1) is 0 Å². The van der Waals surface area contributed by atoms with E-state index in [4.69, 9.17) is 0 Å². The van der Waals surface area contributed by atoms with Crippen LogP contribution in [0.25, 0.3) is 6.08 Å². The maximum Gasteiger partial charge on any atom is 0.251 e. The third-order valence-corrected chi connectivity index (χ3v) is 4.83. The predicted octanol–water partition coefficient (Wildman–Crippen LogP) is 3.55. The van der Waals surface area contributed by atoms with E-state index in [2.05, 4.69) is 66.8 Å². The molecule has 130 valence electrons. The van der Waals surface area contributed by atoms with Crippen LogP contribution in [-0.4, -0.2) is 37.5 Å². The van der Waals surface area contributed by atoms with Crippen LogP contribution in [0.5, 0.6) is 0 Å². The number of carbonyl (C=O) groups excluding carboxylic acids is 1. The van der Waals surface area contributed by atoms with Gasteiger partial charge in [-0.25, -0.2) is 0 Å². The van der Waals surface area contributed by atoms with Gasteiger partial charge < -0.3 is 10.2 Å². The van der Waals surface area contributed by atoms with Gasteiger partial charge in [-0.05, 0) is 62.2 Å². The maximum atomic E-state index is 12.6. The van der Waals surface area contributed by atoms with Gasteiger partial charge in [0, 0.05) is 18.2 Å². The molecule has 2 aromatic rings. The summed E-state index contributed by atoms with van der Waals surface area (Å²) in [4.78, 5) is 14.7. The third kappa shape index (κ3) is 4.58. The monoisotopic (exact) mass is 334 g/mol. The Balaban J connectivity index is 1.63. The maximum absolute atomic E-state index is 12.6. The zero-order valence-corrected chi connectivity index (χ0v) is 15.0. The molecule has 0 saturated heterocycles. The second-order valence-corrected chi connectivity index (χ2v) is 6.87. The van der Waals surface area contributed by atoms with Crippen molar-refractivity contribution < 1.29 is 4.79 Å². The Morgan fingerprint density at radius 3 is 2.72 bits per heavy atom. The molecular formula is C22H26N2O. The lowest BCUT2D eigenvalue weighted by molar-refractivity contribution is 0.0941. The number of carbonyl (C=O) groups is 1. The van der Waals surface area contributed by atoms with Crippen LogP contribution in [0.1, 0.15) is 33.5 Å². The average molecular weight is 334 g/mol. The number of rotatable bonds is 6. The summed E-state index contributed by atoms with van der Waals surface area (Å²) in [5.74, 6) is 0.00156. The Kier molecular flexibility index (Phi) is 5.67. The van der Waals surface area contributed by atoms with Crippen LogP contribution >= 0.6 is 0 Å². The molecule has 0 heterocycles. The molecule has 3 rings (SSSR count). The van der Waals surface area contributed by atoms with Gasteiger partial charge in [0.1, 0.15) is 0 Å². The van der Waals surface area contributed by atoms with E-state index in [0.717, 1.165) is 24.8 Å². The van der Waals surface area contributed by atoms with Crippen molar-refractivity contribution in [1.82, 2.24) is 10.2 Å². The molecule has 3 heteroatoms. The van der Waals surface area contributed by atoms with Crippen molar-refractivity contribution in [1.29, 1.82) is 0 Å². The van der Waals surface area contributed by atoms with Crippen molar-refractivity contribution in [3.63, 3.8) is 0 Å². The zero-order valence-electron chi connectivity index (χ0n) is 15.0. The fraction of sp³-hybridized carbons (Fsp3) is 0.318. The fourth-order valence-electron chi connectivity index (χ4n) is 3.20. The van der Waals surface area contributed by atoms with Gasteiger partial charge in [0.2, 0.25) is 0 Å². The van der Waals surface area contributed by atoms with E-state index >= 15 is 0 Å². The van der Waals surface area contributed by atoms with Crippen molar-refractivity contribution in [2.24, 2.45) is 0 Å². The van der Waals surface area contributed by atoms with E-state index in [1.54, 1.807) is 0 Å². The van der Waals surface area contributed by atoms with Gasteiger partial charge >= 0.3 is 0 Å². The van der Waals surface area contributed by atoms with Gasteiger partial charge in [-0.3, -0.25) is 4.79 Å². The molecule has 0 fully saturated rings. The quantitative estimate of drug-likeness (QED) is 0.876. The molecule has 0 radical (unpaired) electrons. The second-order valence-electron chi connectivity index (χ2n) is 6.87. The minimum atomic E-state index is 0.00156. The molecule has 3 nitrogen and oxygen atoms in total. The number of hydrogen-bond acceptors (Lipinski definition) is 2. The minimum Gasteiger partial charge on any atom is -0.350 e. The number of allylic oxidation sites excluding steroid dienone is 1. The van der Waals surface area contributed by atoms with Crippen LogP contribution in [0, 0.1) is 0 Å². The topological polar surface area (TPSA) is 32.3 Å². The molecule has 0 aromatic heterocycles. The Hall–Kier alpha value is -2.39. The lowest BCUT2D eigenvalue weighted by Crippen LogP contribution is -2.41. The van der Waals surface area contributed by atoms with Crippen molar-refractivity contribution in [2.75, 3.05) is 20.6 Å². The van der Waals surface area contributed by atoms with Crippen LogP contribution in [0.2, 0.25) is 0 Å². The lowest BCUT2D eigenvalue weighted by atomic mass is 9.95. The van der Waals surface area contributed by atoms with E-state index in [-0.39, 0.29) is 11.9 Å². The number of nitrogens with zero attached hydrogens (tertiary/aromatic N) is 1. The van der Waals surface area contributed by atoms with Crippen LogP contribution in [0.3, 0.4) is 0 Å². The molecular weight excluding hydrogens is 308 g/mol. The first-order chi connectivity index (χ1) is 12.1. The predicted molar refractivity (Wildman–Crippen MR) is 104 cm³/mol. The number of hydrogen-bond donors (Lipinski definition) is 1. The van der Waals surface area contributed by atoms with E-state index in [1.165, 1.54) is 16.7 Å². The Labute approximate surface area is 150 Å². The molecule has 25 heavy (non-hydrogen) atoms. The SMILES string of the molecule is CN(C)[C@H](CNC(=O)c1ccc2c(c1)C=CCC2)Cc1ccccc1. The third-order valence-electron chi connectivity index (χ3n) is 4.83. The number of amides is 1. The van der Waals surface area contributed by atoms with E-state index in [0.29, 0.717) is 6.54 Å². The summed E-state index contributed by atoms with van der Waals surface area (Å²) in [6, 6.07) is 16.7. The Morgan fingerprint density at radius 1 is 1.16 bits per heavy atom. The smallest absolute Gasteiger partial charge is 0.251 e. The highest BCUT2D eigenvalue weighted by molar-refractivity contribution is 5.95. The number of likely N-dealkylation sites (N-methyl/N-ethyl adjacent to an activating group) is 1. The first kappa shape index (κ1) is 17.4. The summed E-state index contributed by atoms with van der Waals surface area (Å²) in [6.07, 6.45) is 7.36. The molecule has 1 atom stereocenters. The summed E-state index contributed by atoms with van der Waals surface area (Å²) < 4.78 is 0. The van der Waals surface area contributed by atoms with Gasteiger partial charge in [-0.2, -0.15) is 0 Å². The molecule has 1 aliphatic carbocycles. The second kappa shape index (κ2) is 8.13. The van der Waals surface area contributed by atoms with Crippen molar-refractivity contribution in [3.8, 4) is 0 Å².